The van der Waals surface area contributed by atoms with E-state index in [-0.39, 0.29) is 132 Å². The van der Waals surface area contributed by atoms with Crippen molar-refractivity contribution in [1.82, 2.24) is 5.06 Å². The zero-order valence-corrected chi connectivity index (χ0v) is 20.3. The van der Waals surface area contributed by atoms with Gasteiger partial charge in [-0.3, -0.25) is 0 Å². The molecule has 0 atom stereocenters. The SMILES string of the molecule is O.O=C([O-])c1ccc(CN(O)Cc2ccc(C(=O)[O-])cc2)cc1.[K+].[K+]. The summed E-state index contributed by atoms with van der Waals surface area (Å²) in [6.07, 6.45) is 0. The smallest absolute Gasteiger partial charge is 0.545 e. The minimum Gasteiger partial charge on any atom is -0.545 e. The summed E-state index contributed by atoms with van der Waals surface area (Å²) in [6.45, 7) is 0.408. The zero-order chi connectivity index (χ0) is 16.1. The average Bonchev–Trinajstić information content (AvgIpc) is 2.48. The topological polar surface area (TPSA) is 135 Å². The third kappa shape index (κ3) is 9.33. The number of carbonyl (C=O) groups excluding carboxylic acids is 2. The van der Waals surface area contributed by atoms with Gasteiger partial charge in [-0.2, -0.15) is 5.06 Å². The summed E-state index contributed by atoms with van der Waals surface area (Å²) in [7, 11) is 0. The van der Waals surface area contributed by atoms with Crippen molar-refractivity contribution in [2.24, 2.45) is 0 Å². The van der Waals surface area contributed by atoms with Gasteiger partial charge in [0.2, 0.25) is 0 Å². The number of carbonyl (C=O) groups is 2. The van der Waals surface area contributed by atoms with Crippen LogP contribution in [0.5, 0.6) is 0 Å². The number of rotatable bonds is 6. The Balaban J connectivity index is 0. The molecule has 0 bridgehead atoms. The molecule has 0 aliphatic rings. The average molecular weight is 395 g/mol. The van der Waals surface area contributed by atoms with Crippen LogP contribution >= 0.6 is 0 Å². The Morgan fingerprint density at radius 2 is 1.04 bits per heavy atom. The van der Waals surface area contributed by atoms with Crippen LogP contribution in [0.1, 0.15) is 31.8 Å². The molecule has 9 heteroatoms. The molecule has 0 saturated heterocycles. The Kier molecular flexibility index (Phi) is 15.2. The normalized spacial score (nSPS) is 9.36. The van der Waals surface area contributed by atoms with Crippen molar-refractivity contribution in [3.63, 3.8) is 0 Å². The number of hydrogen-bond donors (Lipinski definition) is 1. The van der Waals surface area contributed by atoms with Gasteiger partial charge in [0.1, 0.15) is 0 Å². The number of hydrogen-bond acceptors (Lipinski definition) is 6. The third-order valence-corrected chi connectivity index (χ3v) is 3.11. The quantitative estimate of drug-likeness (QED) is 0.381. The molecule has 2 rings (SSSR count). The summed E-state index contributed by atoms with van der Waals surface area (Å²) in [5.74, 6) is -2.50. The molecule has 0 aromatic heterocycles. The van der Waals surface area contributed by atoms with E-state index in [0.29, 0.717) is 0 Å². The van der Waals surface area contributed by atoms with Crippen molar-refractivity contribution in [3.05, 3.63) is 70.8 Å². The van der Waals surface area contributed by atoms with Gasteiger partial charge >= 0.3 is 103 Å². The summed E-state index contributed by atoms with van der Waals surface area (Å²) in [4.78, 5) is 21.3. The van der Waals surface area contributed by atoms with Gasteiger partial charge in [-0.15, -0.1) is 0 Å². The van der Waals surface area contributed by atoms with Gasteiger partial charge in [-0.25, -0.2) is 0 Å². The molecule has 2 aromatic rings. The predicted octanol–water partition coefficient (Wildman–Crippen LogP) is -7.01. The van der Waals surface area contributed by atoms with E-state index < -0.39 is 11.9 Å². The largest absolute Gasteiger partial charge is 1.00 e. The molecular weight excluding hydrogens is 380 g/mol. The van der Waals surface area contributed by atoms with Crippen molar-refractivity contribution in [2.75, 3.05) is 0 Å². The fourth-order valence-corrected chi connectivity index (χ4v) is 1.97. The number of nitrogens with zero attached hydrogens (tertiary/aromatic N) is 1. The molecule has 0 unspecified atom stereocenters. The van der Waals surface area contributed by atoms with Gasteiger partial charge in [-0.05, 0) is 22.3 Å². The second-order valence-electron chi connectivity index (χ2n) is 4.79. The van der Waals surface area contributed by atoms with Crippen LogP contribution in [0.2, 0.25) is 0 Å². The first-order chi connectivity index (χ1) is 10.5. The Bertz CT molecular complexity index is 617. The fraction of sp³-hybridized carbons (Fsp3) is 0.125. The van der Waals surface area contributed by atoms with E-state index in [2.05, 4.69) is 0 Å². The summed E-state index contributed by atoms with van der Waals surface area (Å²) in [6, 6.07) is 12.0. The monoisotopic (exact) mass is 395 g/mol. The molecule has 25 heavy (non-hydrogen) atoms. The van der Waals surface area contributed by atoms with Crippen LogP contribution in [0.4, 0.5) is 0 Å². The summed E-state index contributed by atoms with van der Waals surface area (Å²) < 4.78 is 0. The number of carboxylic acid groups (broad SMARTS) is 2. The number of carboxylic acids is 2. The first-order valence-electron chi connectivity index (χ1n) is 6.50. The first kappa shape index (κ1) is 27.7. The Morgan fingerprint density at radius 1 is 0.760 bits per heavy atom. The van der Waals surface area contributed by atoms with Crippen LogP contribution in [-0.2, 0) is 13.1 Å². The van der Waals surface area contributed by atoms with Crippen molar-refractivity contribution >= 4 is 11.9 Å². The Labute approximate surface area is 230 Å². The Morgan fingerprint density at radius 3 is 1.28 bits per heavy atom. The molecule has 0 spiro atoms. The molecule has 122 valence electrons. The van der Waals surface area contributed by atoms with Crippen molar-refractivity contribution in [1.29, 1.82) is 0 Å². The van der Waals surface area contributed by atoms with E-state index in [0.717, 1.165) is 16.2 Å². The standard InChI is InChI=1S/C16H15NO5.2K.H2O/c18-15(19)13-5-1-11(2-6-13)9-17(22)10-12-3-7-14(8-4-12)16(20)21;;;/h1-8,22H,9-10H2,(H,18,19)(H,20,21);;;1H2/q;2*+1;/p-2. The van der Waals surface area contributed by atoms with Crippen LogP contribution in [-0.4, -0.2) is 27.7 Å². The molecule has 0 amide bonds. The van der Waals surface area contributed by atoms with Gasteiger partial charge in [0.15, 0.2) is 0 Å². The van der Waals surface area contributed by atoms with Crippen molar-refractivity contribution in [3.8, 4) is 0 Å². The molecule has 0 aliphatic carbocycles. The van der Waals surface area contributed by atoms with E-state index in [1.165, 1.54) is 24.3 Å². The maximum Gasteiger partial charge on any atom is 1.00 e. The minimum atomic E-state index is -1.25. The molecule has 0 aliphatic heterocycles. The van der Waals surface area contributed by atoms with Gasteiger partial charge in [0.05, 0.1) is 11.9 Å². The van der Waals surface area contributed by atoms with Crippen LogP contribution < -0.4 is 113 Å². The maximum atomic E-state index is 10.6. The zero-order valence-electron chi connectivity index (χ0n) is 14.1. The number of benzene rings is 2. The van der Waals surface area contributed by atoms with Crippen LogP contribution in [0.25, 0.3) is 0 Å². The second kappa shape index (κ2) is 13.7. The van der Waals surface area contributed by atoms with E-state index >= 15 is 0 Å². The van der Waals surface area contributed by atoms with Crippen LogP contribution in [0.15, 0.2) is 48.5 Å². The Hall–Kier alpha value is 0.533. The third-order valence-electron chi connectivity index (χ3n) is 3.11. The number of aromatic carboxylic acids is 2. The van der Waals surface area contributed by atoms with Crippen LogP contribution in [0, 0.1) is 0 Å². The number of hydroxylamine groups is 2. The van der Waals surface area contributed by atoms with Crippen LogP contribution in [0.3, 0.4) is 0 Å². The molecular formula is C16H15K2NO6. The van der Waals surface area contributed by atoms with E-state index in [1.807, 2.05) is 0 Å². The van der Waals surface area contributed by atoms with Crippen molar-refractivity contribution in [2.45, 2.75) is 13.1 Å². The maximum absolute atomic E-state index is 10.6. The van der Waals surface area contributed by atoms with E-state index in [4.69, 9.17) is 0 Å². The van der Waals surface area contributed by atoms with Gasteiger partial charge in [0, 0.05) is 13.1 Å². The summed E-state index contributed by atoms with van der Waals surface area (Å²) >= 11 is 0. The van der Waals surface area contributed by atoms with E-state index in [9.17, 15) is 25.0 Å². The molecule has 2 aromatic carbocycles. The molecule has 0 fully saturated rings. The van der Waals surface area contributed by atoms with Gasteiger partial charge < -0.3 is 30.5 Å². The van der Waals surface area contributed by atoms with Gasteiger partial charge in [0.25, 0.3) is 0 Å². The van der Waals surface area contributed by atoms with Crippen molar-refractivity contribution < 1.29 is 133 Å². The molecule has 3 N–H and O–H groups in total. The molecule has 0 radical (unpaired) electrons. The minimum absolute atomic E-state index is 0. The second-order valence-corrected chi connectivity index (χ2v) is 4.79. The fourth-order valence-electron chi connectivity index (χ4n) is 1.97. The van der Waals surface area contributed by atoms with E-state index in [1.54, 1.807) is 24.3 Å². The molecule has 0 saturated carbocycles. The predicted molar refractivity (Wildman–Crippen MR) is 76.2 cm³/mol. The molecule has 0 heterocycles. The summed E-state index contributed by atoms with van der Waals surface area (Å²) in [5.41, 5.74) is 1.62. The first-order valence-corrected chi connectivity index (χ1v) is 6.50. The molecule has 7 nitrogen and oxygen atoms in total. The van der Waals surface area contributed by atoms with Gasteiger partial charge in [-0.1, -0.05) is 48.5 Å². The summed E-state index contributed by atoms with van der Waals surface area (Å²) in [5, 5.41) is 32.2.